The molecule has 4 nitrogen and oxygen atoms in total. The molecular weight excluding hydrogens is 292 g/mol. The topological polar surface area (TPSA) is 44.8 Å². The van der Waals surface area contributed by atoms with Gasteiger partial charge in [0.25, 0.3) is 0 Å². The van der Waals surface area contributed by atoms with Crippen molar-refractivity contribution in [2.45, 2.75) is 84.5 Å². The van der Waals surface area contributed by atoms with Crippen LogP contribution in [0.1, 0.15) is 84.5 Å². The zero-order chi connectivity index (χ0) is 17.0. The van der Waals surface area contributed by atoms with Gasteiger partial charge >= 0.3 is 5.97 Å². The number of rotatable bonds is 18. The van der Waals surface area contributed by atoms with Crippen molar-refractivity contribution in [3.8, 4) is 0 Å². The predicted octanol–water partition coefficient (Wildman–Crippen LogP) is 4.89. The van der Waals surface area contributed by atoms with Crippen molar-refractivity contribution >= 4 is 5.97 Å². The second kappa shape index (κ2) is 19.4. The largest absolute Gasteiger partial charge is 0.466 e. The predicted molar refractivity (Wildman–Crippen MR) is 94.7 cm³/mol. The van der Waals surface area contributed by atoms with Crippen molar-refractivity contribution in [3.63, 3.8) is 0 Å². The average Bonchev–Trinajstić information content (AvgIpc) is 2.55. The van der Waals surface area contributed by atoms with Gasteiger partial charge in [0.05, 0.1) is 19.8 Å². The minimum atomic E-state index is -0.103. The van der Waals surface area contributed by atoms with E-state index in [0.29, 0.717) is 32.8 Å². The fourth-order valence-electron chi connectivity index (χ4n) is 2.24. The van der Waals surface area contributed by atoms with Gasteiger partial charge in [-0.25, -0.2) is 0 Å². The normalized spacial score (nSPS) is 10.9. The Kier molecular flexibility index (Phi) is 18.9. The molecule has 0 aliphatic carbocycles. The lowest BCUT2D eigenvalue weighted by atomic mass is 10.2. The van der Waals surface area contributed by atoms with E-state index in [1.807, 2.05) is 0 Å². The van der Waals surface area contributed by atoms with Crippen molar-refractivity contribution in [1.82, 2.24) is 0 Å². The van der Waals surface area contributed by atoms with Crippen LogP contribution in [0.2, 0.25) is 0 Å². The second-order valence-electron chi connectivity index (χ2n) is 6.02. The first kappa shape index (κ1) is 22.4. The molecular formula is C19H38O4. The molecule has 0 radical (unpaired) electrons. The Hall–Kier alpha value is -0.610. The monoisotopic (exact) mass is 330 g/mol. The smallest absolute Gasteiger partial charge is 0.305 e. The number of carbonyl (C=O) groups excluding carboxylic acids is 1. The van der Waals surface area contributed by atoms with Gasteiger partial charge in [0.2, 0.25) is 0 Å². The molecule has 0 saturated heterocycles. The summed E-state index contributed by atoms with van der Waals surface area (Å²) in [5, 5.41) is 0. The van der Waals surface area contributed by atoms with Crippen LogP contribution in [0.15, 0.2) is 0 Å². The fourth-order valence-corrected chi connectivity index (χ4v) is 2.24. The molecule has 0 aliphatic rings. The molecule has 4 heteroatoms. The van der Waals surface area contributed by atoms with Crippen LogP contribution in [0.5, 0.6) is 0 Å². The third kappa shape index (κ3) is 19.3. The van der Waals surface area contributed by atoms with Gasteiger partial charge in [0, 0.05) is 19.6 Å². The summed E-state index contributed by atoms with van der Waals surface area (Å²) in [4.78, 5) is 11.5. The molecule has 138 valence electrons. The molecule has 0 aromatic carbocycles. The maximum Gasteiger partial charge on any atom is 0.305 e. The van der Waals surface area contributed by atoms with E-state index in [4.69, 9.17) is 14.2 Å². The Balaban J connectivity index is 3.10. The second-order valence-corrected chi connectivity index (χ2v) is 6.02. The number of esters is 1. The van der Waals surface area contributed by atoms with Crippen molar-refractivity contribution in [2.24, 2.45) is 0 Å². The lowest BCUT2D eigenvalue weighted by Crippen LogP contribution is -2.09. The Morgan fingerprint density at radius 2 is 1.13 bits per heavy atom. The van der Waals surface area contributed by atoms with Crippen molar-refractivity contribution < 1.29 is 19.0 Å². The molecule has 0 heterocycles. The van der Waals surface area contributed by atoms with E-state index in [2.05, 4.69) is 13.8 Å². The molecule has 0 saturated carbocycles. The Morgan fingerprint density at radius 1 is 0.609 bits per heavy atom. The maximum absolute atomic E-state index is 11.5. The highest BCUT2D eigenvalue weighted by Crippen LogP contribution is 2.02. The first-order chi connectivity index (χ1) is 11.3. The van der Waals surface area contributed by atoms with E-state index >= 15 is 0 Å². The van der Waals surface area contributed by atoms with E-state index in [1.165, 1.54) is 38.5 Å². The SMILES string of the molecule is CCCCCCCOCCOCCCC(=O)OCCCCCC. The van der Waals surface area contributed by atoms with Crippen LogP contribution in [0, 0.1) is 0 Å². The Morgan fingerprint density at radius 3 is 1.78 bits per heavy atom. The van der Waals surface area contributed by atoms with Gasteiger partial charge in [0.15, 0.2) is 0 Å². The van der Waals surface area contributed by atoms with Crippen LogP contribution >= 0.6 is 0 Å². The van der Waals surface area contributed by atoms with Crippen molar-refractivity contribution in [3.05, 3.63) is 0 Å². The van der Waals surface area contributed by atoms with Gasteiger partial charge in [-0.1, -0.05) is 58.8 Å². The third-order valence-corrected chi connectivity index (χ3v) is 3.69. The minimum absolute atomic E-state index is 0.103. The molecule has 0 spiro atoms. The molecule has 0 bridgehead atoms. The summed E-state index contributed by atoms with van der Waals surface area (Å²) in [7, 11) is 0. The van der Waals surface area contributed by atoms with Crippen LogP contribution in [-0.2, 0) is 19.0 Å². The van der Waals surface area contributed by atoms with E-state index < -0.39 is 0 Å². The van der Waals surface area contributed by atoms with Crippen molar-refractivity contribution in [2.75, 3.05) is 33.0 Å². The molecule has 0 fully saturated rings. The average molecular weight is 331 g/mol. The minimum Gasteiger partial charge on any atom is -0.466 e. The molecule has 0 amide bonds. The Bertz CT molecular complexity index is 244. The maximum atomic E-state index is 11.5. The standard InChI is InChI=1S/C19H38O4/c1-3-5-7-9-10-14-21-17-18-22-15-12-13-19(20)23-16-11-8-6-4-2/h3-18H2,1-2H3. The first-order valence-corrected chi connectivity index (χ1v) is 9.62. The van der Waals surface area contributed by atoms with Gasteiger partial charge < -0.3 is 14.2 Å². The van der Waals surface area contributed by atoms with Gasteiger partial charge in [-0.2, -0.15) is 0 Å². The highest BCUT2D eigenvalue weighted by atomic mass is 16.5. The summed E-state index contributed by atoms with van der Waals surface area (Å²) in [6, 6.07) is 0. The molecule has 0 rings (SSSR count). The van der Waals surface area contributed by atoms with Crippen LogP contribution < -0.4 is 0 Å². The summed E-state index contributed by atoms with van der Waals surface area (Å²) in [5.41, 5.74) is 0. The number of hydrogen-bond donors (Lipinski definition) is 0. The van der Waals surface area contributed by atoms with Crippen LogP contribution in [0.3, 0.4) is 0 Å². The highest BCUT2D eigenvalue weighted by Gasteiger charge is 2.02. The summed E-state index contributed by atoms with van der Waals surface area (Å²) in [6.45, 7) is 7.65. The van der Waals surface area contributed by atoms with Crippen LogP contribution in [0.4, 0.5) is 0 Å². The number of unbranched alkanes of at least 4 members (excludes halogenated alkanes) is 7. The Labute approximate surface area is 143 Å². The number of hydrogen-bond acceptors (Lipinski definition) is 4. The van der Waals surface area contributed by atoms with E-state index in [-0.39, 0.29) is 5.97 Å². The quantitative estimate of drug-likeness (QED) is 0.265. The summed E-state index contributed by atoms with van der Waals surface area (Å²) >= 11 is 0. The first-order valence-electron chi connectivity index (χ1n) is 9.62. The molecule has 23 heavy (non-hydrogen) atoms. The molecule has 0 atom stereocenters. The molecule has 0 N–H and O–H groups in total. The zero-order valence-electron chi connectivity index (χ0n) is 15.4. The fraction of sp³-hybridized carbons (Fsp3) is 0.947. The summed E-state index contributed by atoms with van der Waals surface area (Å²) in [6.07, 6.45) is 12.0. The number of ether oxygens (including phenoxy) is 3. The van der Waals surface area contributed by atoms with E-state index in [0.717, 1.165) is 32.3 Å². The molecule has 0 aromatic heterocycles. The summed E-state index contributed by atoms with van der Waals surface area (Å²) in [5.74, 6) is -0.103. The van der Waals surface area contributed by atoms with E-state index in [9.17, 15) is 4.79 Å². The van der Waals surface area contributed by atoms with Gasteiger partial charge in [-0.15, -0.1) is 0 Å². The molecule has 0 aliphatic heterocycles. The van der Waals surface area contributed by atoms with E-state index in [1.54, 1.807) is 0 Å². The van der Waals surface area contributed by atoms with Crippen molar-refractivity contribution in [1.29, 1.82) is 0 Å². The van der Waals surface area contributed by atoms with Crippen LogP contribution in [-0.4, -0.2) is 39.0 Å². The van der Waals surface area contributed by atoms with Gasteiger partial charge in [-0.3, -0.25) is 4.79 Å². The highest BCUT2D eigenvalue weighted by molar-refractivity contribution is 5.69. The van der Waals surface area contributed by atoms with Gasteiger partial charge in [-0.05, 0) is 19.3 Å². The number of carbonyl (C=O) groups is 1. The lowest BCUT2D eigenvalue weighted by Gasteiger charge is -2.06. The van der Waals surface area contributed by atoms with Gasteiger partial charge in [0.1, 0.15) is 0 Å². The molecule has 0 unspecified atom stereocenters. The van der Waals surface area contributed by atoms with Crippen LogP contribution in [0.25, 0.3) is 0 Å². The summed E-state index contributed by atoms with van der Waals surface area (Å²) < 4.78 is 16.1. The molecule has 0 aromatic rings. The zero-order valence-corrected chi connectivity index (χ0v) is 15.4. The third-order valence-electron chi connectivity index (χ3n) is 3.69. The lowest BCUT2D eigenvalue weighted by molar-refractivity contribution is -0.144.